The fraction of sp³-hybridized carbons (Fsp3) is 0.429. The highest BCUT2D eigenvalue weighted by molar-refractivity contribution is 6.32. The van der Waals surface area contributed by atoms with Crippen molar-refractivity contribution in [3.8, 4) is 0 Å². The van der Waals surface area contributed by atoms with Crippen molar-refractivity contribution in [2.75, 3.05) is 0 Å². The van der Waals surface area contributed by atoms with Crippen molar-refractivity contribution in [2.45, 2.75) is 18.6 Å². The van der Waals surface area contributed by atoms with Crippen molar-refractivity contribution in [3.05, 3.63) is 32.9 Å². The molecule has 0 bridgehead atoms. The zero-order valence-electron chi connectivity index (χ0n) is 6.71. The van der Waals surface area contributed by atoms with Gasteiger partial charge in [0.2, 0.25) is 6.04 Å². The van der Waals surface area contributed by atoms with E-state index in [4.69, 9.17) is 11.6 Å². The lowest BCUT2D eigenvalue weighted by molar-refractivity contribution is -0.508. The van der Waals surface area contributed by atoms with E-state index in [0.29, 0.717) is 6.08 Å². The Bertz CT molecular complexity index is 321. The van der Waals surface area contributed by atoms with Gasteiger partial charge in [-0.2, -0.15) is 13.2 Å². The molecule has 0 aliphatic heterocycles. The largest absolute Gasteiger partial charge is 0.417 e. The summed E-state index contributed by atoms with van der Waals surface area (Å²) in [5.74, 6) is 0. The Balaban J connectivity index is 3.00. The zero-order valence-corrected chi connectivity index (χ0v) is 7.47. The molecule has 0 radical (unpaired) electrons. The highest BCUT2D eigenvalue weighted by Gasteiger charge is 2.39. The van der Waals surface area contributed by atoms with E-state index >= 15 is 0 Å². The quantitative estimate of drug-likeness (QED) is 0.511. The third-order valence-electron chi connectivity index (χ3n) is 1.73. The van der Waals surface area contributed by atoms with Crippen LogP contribution in [0.1, 0.15) is 6.42 Å². The van der Waals surface area contributed by atoms with Gasteiger partial charge in [0, 0.05) is 22.5 Å². The van der Waals surface area contributed by atoms with Crippen molar-refractivity contribution in [1.29, 1.82) is 0 Å². The van der Waals surface area contributed by atoms with E-state index in [2.05, 4.69) is 0 Å². The smallest absolute Gasteiger partial charge is 0.264 e. The molecular formula is C7H5ClF3NO2. The fourth-order valence-electron chi connectivity index (χ4n) is 1.05. The molecule has 0 saturated heterocycles. The molecule has 0 fully saturated rings. The molecule has 14 heavy (non-hydrogen) atoms. The molecule has 1 rings (SSSR count). The first-order valence-electron chi connectivity index (χ1n) is 3.61. The molecular weight excluding hydrogens is 223 g/mol. The van der Waals surface area contributed by atoms with Gasteiger partial charge in [0.1, 0.15) is 0 Å². The lowest BCUT2D eigenvalue weighted by Crippen LogP contribution is -2.23. The second-order valence-electron chi connectivity index (χ2n) is 2.72. The van der Waals surface area contributed by atoms with Gasteiger partial charge in [-0.25, -0.2) is 0 Å². The molecule has 0 aromatic rings. The first kappa shape index (κ1) is 11.0. The monoisotopic (exact) mass is 227 g/mol. The maximum atomic E-state index is 12.2. The molecule has 1 unspecified atom stereocenters. The summed E-state index contributed by atoms with van der Waals surface area (Å²) in [6.45, 7) is 0. The van der Waals surface area contributed by atoms with Crippen molar-refractivity contribution in [1.82, 2.24) is 0 Å². The number of halogens is 4. The summed E-state index contributed by atoms with van der Waals surface area (Å²) < 4.78 is 36.6. The van der Waals surface area contributed by atoms with Crippen molar-refractivity contribution in [3.63, 3.8) is 0 Å². The molecule has 0 aromatic heterocycles. The summed E-state index contributed by atoms with van der Waals surface area (Å²) >= 11 is 5.29. The van der Waals surface area contributed by atoms with Crippen LogP contribution in [-0.2, 0) is 0 Å². The lowest BCUT2D eigenvalue weighted by Gasteiger charge is -2.16. The number of hydrogen-bond acceptors (Lipinski definition) is 2. The molecule has 0 aromatic carbocycles. The molecule has 0 heterocycles. The van der Waals surface area contributed by atoms with Crippen LogP contribution in [0.5, 0.6) is 0 Å². The van der Waals surface area contributed by atoms with Gasteiger partial charge in [-0.15, -0.1) is 0 Å². The van der Waals surface area contributed by atoms with Gasteiger partial charge in [0.15, 0.2) is 0 Å². The number of rotatable bonds is 1. The van der Waals surface area contributed by atoms with Crippen molar-refractivity contribution >= 4 is 11.6 Å². The minimum Gasteiger partial charge on any atom is -0.264 e. The second kappa shape index (κ2) is 3.61. The number of allylic oxidation sites excluding steroid dienone is 2. The Morgan fingerprint density at radius 1 is 1.57 bits per heavy atom. The molecule has 3 nitrogen and oxygen atoms in total. The average Bonchev–Trinajstić information content (AvgIpc) is 2.02. The van der Waals surface area contributed by atoms with Crippen LogP contribution in [0.3, 0.4) is 0 Å². The molecule has 0 amide bonds. The lowest BCUT2D eigenvalue weighted by atomic mass is 10.0. The van der Waals surface area contributed by atoms with Crippen molar-refractivity contribution < 1.29 is 18.1 Å². The van der Waals surface area contributed by atoms with Gasteiger partial charge in [-0.3, -0.25) is 10.1 Å². The normalized spacial score (nSPS) is 22.7. The van der Waals surface area contributed by atoms with E-state index in [1.165, 1.54) is 0 Å². The Labute approximate surface area is 82.0 Å². The Morgan fingerprint density at radius 3 is 2.57 bits per heavy atom. The minimum absolute atomic E-state index is 0.106. The SMILES string of the molecule is O=[N+]([O-])C1C=C(C(F)(F)F)C(Cl)=CC1. The average molecular weight is 228 g/mol. The minimum atomic E-state index is -4.64. The van der Waals surface area contributed by atoms with Gasteiger partial charge in [0.25, 0.3) is 0 Å². The van der Waals surface area contributed by atoms with Gasteiger partial charge >= 0.3 is 6.18 Å². The Morgan fingerprint density at radius 2 is 2.14 bits per heavy atom. The van der Waals surface area contributed by atoms with Crippen LogP contribution in [0, 0.1) is 10.1 Å². The molecule has 1 aliphatic carbocycles. The topological polar surface area (TPSA) is 43.1 Å². The molecule has 1 atom stereocenters. The van der Waals surface area contributed by atoms with Gasteiger partial charge < -0.3 is 0 Å². The van der Waals surface area contributed by atoms with E-state index in [9.17, 15) is 23.3 Å². The first-order valence-corrected chi connectivity index (χ1v) is 3.98. The molecule has 78 valence electrons. The number of hydrogen-bond donors (Lipinski definition) is 0. The summed E-state index contributed by atoms with van der Waals surface area (Å²) in [5, 5.41) is 9.78. The predicted octanol–water partition coefficient (Wildman–Crippen LogP) is 2.65. The number of nitro groups is 1. The number of alkyl halides is 3. The maximum Gasteiger partial charge on any atom is 0.417 e. The van der Waals surface area contributed by atoms with Crippen LogP contribution >= 0.6 is 11.6 Å². The van der Waals surface area contributed by atoms with Crippen molar-refractivity contribution in [2.24, 2.45) is 0 Å². The van der Waals surface area contributed by atoms with Crippen LogP contribution in [0.2, 0.25) is 0 Å². The summed E-state index contributed by atoms with van der Waals surface area (Å²) in [7, 11) is 0. The highest BCUT2D eigenvalue weighted by Crippen LogP contribution is 2.36. The van der Waals surface area contributed by atoms with E-state index in [0.717, 1.165) is 6.08 Å². The van der Waals surface area contributed by atoms with Crippen LogP contribution in [0.4, 0.5) is 13.2 Å². The number of nitrogens with zero attached hydrogens (tertiary/aromatic N) is 1. The highest BCUT2D eigenvalue weighted by atomic mass is 35.5. The predicted molar refractivity (Wildman–Crippen MR) is 43.5 cm³/mol. The molecule has 0 spiro atoms. The van der Waals surface area contributed by atoms with E-state index in [1.54, 1.807) is 0 Å². The van der Waals surface area contributed by atoms with Gasteiger partial charge in [-0.1, -0.05) is 17.7 Å². The molecule has 7 heteroatoms. The Kier molecular flexibility index (Phi) is 2.84. The van der Waals surface area contributed by atoms with Crippen LogP contribution < -0.4 is 0 Å². The van der Waals surface area contributed by atoms with Gasteiger partial charge in [0.05, 0.1) is 5.57 Å². The molecule has 1 aliphatic rings. The second-order valence-corrected chi connectivity index (χ2v) is 3.13. The van der Waals surface area contributed by atoms with E-state index < -0.39 is 27.7 Å². The third kappa shape index (κ3) is 2.25. The molecule has 0 saturated carbocycles. The van der Waals surface area contributed by atoms with Gasteiger partial charge in [-0.05, 0) is 0 Å². The summed E-state index contributed by atoms with van der Waals surface area (Å²) in [6.07, 6.45) is -3.19. The van der Waals surface area contributed by atoms with E-state index in [1.807, 2.05) is 0 Å². The summed E-state index contributed by atoms with van der Waals surface area (Å²) in [4.78, 5) is 9.48. The summed E-state index contributed by atoms with van der Waals surface area (Å²) in [6, 6.07) is -1.34. The molecule has 0 N–H and O–H groups in total. The first-order chi connectivity index (χ1) is 6.32. The van der Waals surface area contributed by atoms with Crippen LogP contribution in [0.15, 0.2) is 22.8 Å². The van der Waals surface area contributed by atoms with E-state index in [-0.39, 0.29) is 6.42 Å². The van der Waals surface area contributed by atoms with Crippen LogP contribution in [0.25, 0.3) is 0 Å². The van der Waals surface area contributed by atoms with Crippen LogP contribution in [-0.4, -0.2) is 17.1 Å². The summed E-state index contributed by atoms with van der Waals surface area (Å²) in [5.41, 5.74) is -1.13. The Hall–Kier alpha value is -1.04. The fourth-order valence-corrected chi connectivity index (χ4v) is 1.31. The zero-order chi connectivity index (χ0) is 10.9. The maximum absolute atomic E-state index is 12.2. The third-order valence-corrected chi connectivity index (χ3v) is 2.09. The standard InChI is InChI=1S/C7H5ClF3NO2/c8-6-2-1-4(12(13)14)3-5(6)7(9,10)11/h2-4H,1H2.